The molecule has 0 fully saturated rings. The maximum atomic E-state index is 9.74. The molecule has 20 heavy (non-hydrogen) atoms. The lowest BCUT2D eigenvalue weighted by molar-refractivity contribution is 0.00207. The molecule has 0 radical (unpaired) electrons. The molecule has 0 bridgehead atoms. The Labute approximate surface area is 122 Å². The van der Waals surface area contributed by atoms with E-state index in [-0.39, 0.29) is 19.3 Å². The van der Waals surface area contributed by atoms with Crippen molar-refractivity contribution in [2.24, 2.45) is 0 Å². The van der Waals surface area contributed by atoms with Crippen LogP contribution in [0.3, 0.4) is 0 Å². The summed E-state index contributed by atoms with van der Waals surface area (Å²) < 4.78 is 15.7. The van der Waals surface area contributed by atoms with Gasteiger partial charge in [0.05, 0.1) is 32.5 Å². The first-order valence-electron chi connectivity index (χ1n) is 7.41. The maximum absolute atomic E-state index is 9.74. The molecule has 0 aromatic rings. The average molecular weight is 293 g/mol. The summed E-state index contributed by atoms with van der Waals surface area (Å²) in [6.07, 6.45) is 2.23. The third-order valence-electron chi connectivity index (χ3n) is 2.81. The van der Waals surface area contributed by atoms with Crippen LogP contribution in [0.2, 0.25) is 0 Å². The lowest BCUT2D eigenvalue weighted by atomic mass is 10.2. The molecule has 122 valence electrons. The Morgan fingerprint density at radius 3 is 2.50 bits per heavy atom. The quantitative estimate of drug-likeness (QED) is 0.373. The van der Waals surface area contributed by atoms with Gasteiger partial charge in [-0.2, -0.15) is 0 Å². The van der Waals surface area contributed by atoms with Crippen LogP contribution < -0.4 is 5.32 Å². The molecule has 0 aliphatic heterocycles. The summed E-state index contributed by atoms with van der Waals surface area (Å²) in [7, 11) is 1.62. The first-order chi connectivity index (χ1) is 9.74. The van der Waals surface area contributed by atoms with Crippen LogP contribution in [0.25, 0.3) is 0 Å². The number of rotatable bonds is 15. The summed E-state index contributed by atoms with van der Waals surface area (Å²) in [5.74, 6) is 0. The smallest absolute Gasteiger partial charge is 0.0897 e. The van der Waals surface area contributed by atoms with E-state index in [1.807, 2.05) is 0 Å². The van der Waals surface area contributed by atoms with E-state index in [4.69, 9.17) is 19.3 Å². The molecule has 0 aliphatic rings. The van der Waals surface area contributed by atoms with Gasteiger partial charge in [0.15, 0.2) is 0 Å². The van der Waals surface area contributed by atoms with E-state index in [2.05, 4.69) is 12.2 Å². The SMILES string of the molecule is CCCCOCCOCC(O)CNC(CCO)COC. The number of ether oxygens (including phenoxy) is 3. The Morgan fingerprint density at radius 2 is 1.85 bits per heavy atom. The summed E-state index contributed by atoms with van der Waals surface area (Å²) >= 11 is 0. The van der Waals surface area contributed by atoms with Crippen molar-refractivity contribution in [3.63, 3.8) is 0 Å². The van der Waals surface area contributed by atoms with Gasteiger partial charge < -0.3 is 29.7 Å². The van der Waals surface area contributed by atoms with Crippen molar-refractivity contribution in [1.82, 2.24) is 5.32 Å². The maximum Gasteiger partial charge on any atom is 0.0897 e. The molecular weight excluding hydrogens is 262 g/mol. The molecule has 0 amide bonds. The summed E-state index contributed by atoms with van der Waals surface area (Å²) in [4.78, 5) is 0. The summed E-state index contributed by atoms with van der Waals surface area (Å²) in [6, 6.07) is 0.0528. The monoisotopic (exact) mass is 293 g/mol. The van der Waals surface area contributed by atoms with E-state index in [0.29, 0.717) is 32.8 Å². The van der Waals surface area contributed by atoms with Crippen molar-refractivity contribution in [1.29, 1.82) is 0 Å². The highest BCUT2D eigenvalue weighted by molar-refractivity contribution is 4.68. The topological polar surface area (TPSA) is 80.2 Å². The summed E-state index contributed by atoms with van der Waals surface area (Å²) in [5, 5.41) is 21.8. The Morgan fingerprint density at radius 1 is 1.10 bits per heavy atom. The Balaban J connectivity index is 3.44. The normalized spacial score (nSPS) is 14.4. The molecule has 2 atom stereocenters. The number of hydrogen-bond donors (Lipinski definition) is 3. The van der Waals surface area contributed by atoms with Gasteiger partial charge in [0, 0.05) is 32.9 Å². The Kier molecular flexibility index (Phi) is 15.0. The van der Waals surface area contributed by atoms with E-state index < -0.39 is 6.10 Å². The predicted molar refractivity (Wildman–Crippen MR) is 77.9 cm³/mol. The lowest BCUT2D eigenvalue weighted by Gasteiger charge is -2.19. The molecular formula is C14H31NO5. The van der Waals surface area contributed by atoms with Crippen molar-refractivity contribution in [3.05, 3.63) is 0 Å². The highest BCUT2D eigenvalue weighted by atomic mass is 16.5. The van der Waals surface area contributed by atoms with Gasteiger partial charge in [-0.3, -0.25) is 0 Å². The van der Waals surface area contributed by atoms with E-state index in [1.54, 1.807) is 7.11 Å². The van der Waals surface area contributed by atoms with Gasteiger partial charge in [0.1, 0.15) is 0 Å². The molecule has 0 saturated heterocycles. The zero-order valence-electron chi connectivity index (χ0n) is 12.8. The average Bonchev–Trinajstić information content (AvgIpc) is 2.44. The van der Waals surface area contributed by atoms with Gasteiger partial charge in [-0.25, -0.2) is 0 Å². The molecule has 0 rings (SSSR count). The van der Waals surface area contributed by atoms with Crippen LogP contribution in [0.5, 0.6) is 0 Å². The van der Waals surface area contributed by atoms with Gasteiger partial charge in [0.25, 0.3) is 0 Å². The van der Waals surface area contributed by atoms with Crippen LogP contribution in [0.4, 0.5) is 0 Å². The third-order valence-corrected chi connectivity index (χ3v) is 2.81. The van der Waals surface area contributed by atoms with E-state index in [0.717, 1.165) is 19.4 Å². The molecule has 2 unspecified atom stereocenters. The highest BCUT2D eigenvalue weighted by Crippen LogP contribution is 1.94. The second-order valence-corrected chi connectivity index (χ2v) is 4.77. The van der Waals surface area contributed by atoms with Crippen molar-refractivity contribution >= 4 is 0 Å². The summed E-state index contributed by atoms with van der Waals surface area (Å²) in [5.41, 5.74) is 0. The first-order valence-corrected chi connectivity index (χ1v) is 7.41. The fourth-order valence-corrected chi connectivity index (χ4v) is 1.65. The molecule has 0 spiro atoms. The van der Waals surface area contributed by atoms with Crippen LogP contribution >= 0.6 is 0 Å². The second-order valence-electron chi connectivity index (χ2n) is 4.77. The molecule has 3 N–H and O–H groups in total. The summed E-state index contributed by atoms with van der Waals surface area (Å²) in [6.45, 7) is 5.27. The van der Waals surface area contributed by atoms with Crippen molar-refractivity contribution in [3.8, 4) is 0 Å². The van der Waals surface area contributed by atoms with Gasteiger partial charge in [-0.15, -0.1) is 0 Å². The van der Waals surface area contributed by atoms with Crippen LogP contribution in [0.1, 0.15) is 26.2 Å². The van der Waals surface area contributed by atoms with Gasteiger partial charge in [-0.05, 0) is 12.8 Å². The zero-order chi connectivity index (χ0) is 15.1. The van der Waals surface area contributed by atoms with Crippen molar-refractivity contribution in [2.45, 2.75) is 38.3 Å². The minimum atomic E-state index is -0.566. The van der Waals surface area contributed by atoms with Gasteiger partial charge in [-0.1, -0.05) is 13.3 Å². The number of hydrogen-bond acceptors (Lipinski definition) is 6. The number of nitrogens with one attached hydrogen (secondary N) is 1. The molecule has 0 aliphatic carbocycles. The fraction of sp³-hybridized carbons (Fsp3) is 1.00. The zero-order valence-corrected chi connectivity index (χ0v) is 12.8. The number of unbranched alkanes of at least 4 members (excludes halogenated alkanes) is 1. The molecule has 6 heteroatoms. The molecule has 0 aromatic heterocycles. The van der Waals surface area contributed by atoms with Crippen LogP contribution in [-0.2, 0) is 14.2 Å². The molecule has 0 saturated carbocycles. The van der Waals surface area contributed by atoms with Gasteiger partial charge >= 0.3 is 0 Å². The standard InChI is InChI=1S/C14H31NO5/c1-3-4-7-19-8-9-20-12-14(17)10-15-13(5-6-16)11-18-2/h13-17H,3-12H2,1-2H3. The first kappa shape index (κ1) is 19.8. The molecule has 6 nitrogen and oxygen atoms in total. The predicted octanol–water partition coefficient (Wildman–Crippen LogP) is 0.168. The Hall–Kier alpha value is -0.240. The largest absolute Gasteiger partial charge is 0.396 e. The number of aliphatic hydroxyl groups is 2. The van der Waals surface area contributed by atoms with Crippen LogP contribution in [0.15, 0.2) is 0 Å². The van der Waals surface area contributed by atoms with E-state index in [9.17, 15) is 5.11 Å². The third kappa shape index (κ3) is 12.8. The van der Waals surface area contributed by atoms with E-state index >= 15 is 0 Å². The van der Waals surface area contributed by atoms with Crippen molar-refractivity contribution < 1.29 is 24.4 Å². The van der Waals surface area contributed by atoms with E-state index in [1.165, 1.54) is 0 Å². The second kappa shape index (κ2) is 15.2. The number of methoxy groups -OCH3 is 1. The minimum absolute atomic E-state index is 0.0528. The van der Waals surface area contributed by atoms with Crippen LogP contribution in [-0.4, -0.2) is 75.7 Å². The number of aliphatic hydroxyl groups excluding tert-OH is 2. The van der Waals surface area contributed by atoms with Gasteiger partial charge in [0.2, 0.25) is 0 Å². The van der Waals surface area contributed by atoms with Crippen molar-refractivity contribution in [2.75, 3.05) is 53.3 Å². The van der Waals surface area contributed by atoms with Crippen LogP contribution in [0, 0.1) is 0 Å². The lowest BCUT2D eigenvalue weighted by Crippen LogP contribution is -2.40. The molecule has 0 heterocycles. The fourth-order valence-electron chi connectivity index (χ4n) is 1.65. The highest BCUT2D eigenvalue weighted by Gasteiger charge is 2.10. The minimum Gasteiger partial charge on any atom is -0.396 e. The Bertz CT molecular complexity index is 188. The molecule has 0 aromatic carbocycles.